The van der Waals surface area contributed by atoms with Crippen molar-refractivity contribution < 1.29 is 9.47 Å². The average molecular weight is 755 g/mol. The maximum Gasteiger partial charge on any atom is 0.163 e. The zero-order chi connectivity index (χ0) is 36.2. The molecule has 0 amide bonds. The minimum absolute atomic E-state index is 0.0812. The SMILES string of the molecule is CC1(C)OC(Cp2c3ccccc3c3ccccc32)[C@H](Cp2c3ccccc3c3ccccc32)O1.c1ccc(-p2c3ccccc3c3ccccc32)cc1. The minimum atomic E-state index is -0.558. The summed E-state index contributed by atoms with van der Waals surface area (Å²) in [7, 11) is -1.33. The highest BCUT2D eigenvalue weighted by Crippen LogP contribution is 2.56. The quantitative estimate of drug-likeness (QED) is 0.174. The lowest BCUT2D eigenvalue weighted by atomic mass is 10.2. The highest BCUT2D eigenvalue weighted by Gasteiger charge is 2.42. The van der Waals surface area contributed by atoms with E-state index in [4.69, 9.17) is 9.47 Å². The fourth-order valence-electron chi connectivity index (χ4n) is 8.76. The third kappa shape index (κ3) is 5.90. The van der Waals surface area contributed by atoms with Crippen molar-refractivity contribution in [2.45, 2.75) is 44.2 Å². The number of hydrogen-bond donors (Lipinski definition) is 0. The fourth-order valence-corrected chi connectivity index (χ4v) is 17.0. The molecule has 1 aliphatic heterocycles. The van der Waals surface area contributed by atoms with Crippen LogP contribution in [0.4, 0.5) is 0 Å². The van der Waals surface area contributed by atoms with Crippen molar-refractivity contribution in [3.8, 4) is 5.30 Å². The fraction of sp³-hybridized carbons (Fsp3) is 0.143. The molecular weight excluding hydrogens is 713 g/mol. The Morgan fingerprint density at radius 1 is 0.370 bits per heavy atom. The monoisotopic (exact) mass is 754 g/mol. The van der Waals surface area contributed by atoms with E-state index in [1.807, 2.05) is 0 Å². The van der Waals surface area contributed by atoms with Crippen LogP contribution in [-0.2, 0) is 21.8 Å². The summed E-state index contributed by atoms with van der Waals surface area (Å²) < 4.78 is 13.3. The van der Waals surface area contributed by atoms with E-state index >= 15 is 0 Å². The average Bonchev–Trinajstić information content (AvgIpc) is 3.92. The minimum Gasteiger partial charge on any atom is -0.344 e. The van der Waals surface area contributed by atoms with Crippen LogP contribution in [0, 0.1) is 0 Å². The lowest BCUT2D eigenvalue weighted by Crippen LogP contribution is -2.23. The first-order valence-electron chi connectivity index (χ1n) is 18.9. The molecule has 5 heteroatoms. The van der Waals surface area contributed by atoms with E-state index in [0.717, 1.165) is 12.3 Å². The van der Waals surface area contributed by atoms with Gasteiger partial charge in [0.05, 0.1) is 12.2 Å². The second-order valence-corrected chi connectivity index (χ2v) is 21.2. The normalized spacial score (nSPS) is 16.9. The molecule has 0 saturated carbocycles. The molecule has 0 aliphatic carbocycles. The molecule has 0 spiro atoms. The van der Waals surface area contributed by atoms with Gasteiger partial charge in [0.1, 0.15) is 0 Å². The van der Waals surface area contributed by atoms with Gasteiger partial charge in [-0.05, 0) is 51.5 Å². The van der Waals surface area contributed by atoms with Crippen LogP contribution in [0.25, 0.3) is 68.3 Å². The van der Waals surface area contributed by atoms with Gasteiger partial charge in [-0.2, -0.15) is 0 Å². The van der Waals surface area contributed by atoms with Crippen LogP contribution in [0.1, 0.15) is 13.8 Å². The van der Waals surface area contributed by atoms with Crippen LogP contribution in [-0.4, -0.2) is 18.0 Å². The van der Waals surface area contributed by atoms with Crippen LogP contribution in [0.3, 0.4) is 0 Å². The van der Waals surface area contributed by atoms with Gasteiger partial charge in [-0.25, -0.2) is 0 Å². The van der Waals surface area contributed by atoms with E-state index in [9.17, 15) is 0 Å². The standard InChI is InChI=1S/C31H28O2P2.C18H13P/c1-31(2)32-25(19-34-27-15-7-3-11-21(27)22-12-4-8-16-28(22)34)26(33-31)20-35-29-17-9-5-13-23(29)24-14-6-10-18-30(24)35;1-2-8-14(9-3-1)19-17-12-6-4-10-15(17)16-11-5-7-13-18(16)19/h3-18,25-26H,19-20H2,1-2H3;1-13H/t25-,26?;/m0./s1. The van der Waals surface area contributed by atoms with Crippen molar-refractivity contribution in [3.05, 3.63) is 176 Å². The lowest BCUT2D eigenvalue weighted by molar-refractivity contribution is -0.144. The van der Waals surface area contributed by atoms with Crippen LogP contribution in [0.15, 0.2) is 176 Å². The molecule has 1 fully saturated rings. The summed E-state index contributed by atoms with van der Waals surface area (Å²) in [5.74, 6) is -0.558. The van der Waals surface area contributed by atoms with Gasteiger partial charge in [-0.15, -0.1) is 15.1 Å². The summed E-state index contributed by atoms with van der Waals surface area (Å²) in [6.07, 6.45) is 2.17. The molecule has 0 N–H and O–H groups in total. The molecule has 7 aromatic carbocycles. The Hall–Kier alpha value is -4.64. The van der Waals surface area contributed by atoms with Gasteiger partial charge in [0.15, 0.2) is 5.79 Å². The third-order valence-corrected chi connectivity index (χ3v) is 18.9. The maximum atomic E-state index is 6.64. The van der Waals surface area contributed by atoms with Crippen molar-refractivity contribution in [1.82, 2.24) is 0 Å². The molecule has 0 radical (unpaired) electrons. The number of hydrogen-bond acceptors (Lipinski definition) is 2. The highest BCUT2D eigenvalue weighted by molar-refractivity contribution is 7.68. The zero-order valence-corrected chi connectivity index (χ0v) is 33.2. The zero-order valence-electron chi connectivity index (χ0n) is 30.5. The van der Waals surface area contributed by atoms with Gasteiger partial charge >= 0.3 is 0 Å². The van der Waals surface area contributed by atoms with Crippen molar-refractivity contribution in [2.24, 2.45) is 0 Å². The smallest absolute Gasteiger partial charge is 0.163 e. The van der Waals surface area contributed by atoms with E-state index in [2.05, 4.69) is 190 Å². The Kier molecular flexibility index (Phi) is 8.72. The van der Waals surface area contributed by atoms with Crippen molar-refractivity contribution in [1.29, 1.82) is 0 Å². The van der Waals surface area contributed by atoms with E-state index in [-0.39, 0.29) is 19.7 Å². The van der Waals surface area contributed by atoms with Crippen molar-refractivity contribution >= 4 is 85.6 Å². The molecule has 4 heterocycles. The summed E-state index contributed by atoms with van der Waals surface area (Å²) in [5.41, 5.74) is 0. The molecule has 54 heavy (non-hydrogen) atoms. The van der Waals surface area contributed by atoms with E-state index in [1.54, 1.807) is 0 Å². The molecule has 11 rings (SSSR count). The first kappa shape index (κ1) is 33.9. The van der Waals surface area contributed by atoms with Crippen LogP contribution >= 0.6 is 22.6 Å². The van der Waals surface area contributed by atoms with Crippen molar-refractivity contribution in [3.63, 3.8) is 0 Å². The predicted molar refractivity (Wildman–Crippen MR) is 238 cm³/mol. The Morgan fingerprint density at radius 3 is 1.00 bits per heavy atom. The van der Waals surface area contributed by atoms with Gasteiger partial charge in [-0.3, -0.25) is 0 Å². The van der Waals surface area contributed by atoms with Crippen molar-refractivity contribution in [2.75, 3.05) is 0 Å². The highest BCUT2D eigenvalue weighted by atomic mass is 31.1. The number of rotatable bonds is 5. The number of fused-ring (bicyclic) bond motifs is 9. The largest absolute Gasteiger partial charge is 0.344 e. The molecular formula is C49H41O2P3. The summed E-state index contributed by atoms with van der Waals surface area (Å²) in [6.45, 7) is 4.15. The van der Waals surface area contributed by atoms with E-state index in [0.29, 0.717) is 0 Å². The molecule has 264 valence electrons. The Morgan fingerprint density at radius 2 is 0.648 bits per heavy atom. The molecule has 1 unspecified atom stereocenters. The third-order valence-electron chi connectivity index (χ3n) is 11.0. The summed E-state index contributed by atoms with van der Waals surface area (Å²) in [4.78, 5) is 0. The van der Waals surface area contributed by atoms with Gasteiger partial charge in [0, 0.05) is 43.0 Å². The topological polar surface area (TPSA) is 18.5 Å². The van der Waals surface area contributed by atoms with Crippen LogP contribution in [0.5, 0.6) is 0 Å². The lowest BCUT2D eigenvalue weighted by Gasteiger charge is -2.18. The molecule has 2 atom stereocenters. The Bertz CT molecular complexity index is 2660. The predicted octanol–water partition coefficient (Wildman–Crippen LogP) is 15.5. The van der Waals surface area contributed by atoms with Gasteiger partial charge in [0.2, 0.25) is 0 Å². The molecule has 1 saturated heterocycles. The first-order chi connectivity index (χ1) is 26.5. The van der Waals surface area contributed by atoms with Gasteiger partial charge in [-0.1, -0.05) is 183 Å². The Balaban J connectivity index is 0.000000160. The first-order valence-corrected chi connectivity index (χ1v) is 23.2. The molecule has 3 aromatic heterocycles. The van der Waals surface area contributed by atoms with Gasteiger partial charge in [0.25, 0.3) is 0 Å². The molecule has 2 nitrogen and oxygen atoms in total. The van der Waals surface area contributed by atoms with Gasteiger partial charge < -0.3 is 9.47 Å². The van der Waals surface area contributed by atoms with E-state index < -0.39 is 20.9 Å². The maximum absolute atomic E-state index is 6.64. The number of benzene rings is 7. The summed E-state index contributed by atoms with van der Waals surface area (Å²) in [5, 5.41) is 18.8. The van der Waals surface area contributed by atoms with E-state index in [1.165, 1.54) is 68.3 Å². The molecule has 1 aliphatic rings. The molecule has 0 bridgehead atoms. The summed E-state index contributed by atoms with van der Waals surface area (Å²) in [6, 6.07) is 64.3. The van der Waals surface area contributed by atoms with Crippen LogP contribution < -0.4 is 0 Å². The molecule has 10 aromatic rings. The summed E-state index contributed by atoms with van der Waals surface area (Å²) >= 11 is 0. The van der Waals surface area contributed by atoms with Crippen LogP contribution in [0.2, 0.25) is 0 Å². The second-order valence-electron chi connectivity index (χ2n) is 14.7. The Labute approximate surface area is 319 Å². The number of ether oxygens (including phenoxy) is 2. The second kappa shape index (κ2) is 13.9.